The van der Waals surface area contributed by atoms with Gasteiger partial charge < -0.3 is 15.7 Å². The summed E-state index contributed by atoms with van der Waals surface area (Å²) in [7, 11) is 0. The minimum atomic E-state index is -0.238. The number of Topliss-reactive ketones (excluding diaryl/α,β-unsaturated/α-hetero) is 1. The first-order chi connectivity index (χ1) is 9.99. The van der Waals surface area contributed by atoms with Crippen molar-refractivity contribution in [2.45, 2.75) is 44.1 Å². The molecule has 2 rings (SSSR count). The molecule has 0 aliphatic carbocycles. The van der Waals surface area contributed by atoms with Gasteiger partial charge in [-0.1, -0.05) is 6.92 Å². The van der Waals surface area contributed by atoms with E-state index < -0.39 is 0 Å². The maximum atomic E-state index is 12.0. The van der Waals surface area contributed by atoms with Crippen molar-refractivity contribution < 1.29 is 9.90 Å². The highest BCUT2D eigenvalue weighted by Gasteiger charge is 2.27. The van der Waals surface area contributed by atoms with Gasteiger partial charge in [0.2, 0.25) is 0 Å². The molecule has 1 fully saturated rings. The molecule has 1 unspecified atom stereocenters. The smallest absolute Gasteiger partial charge is 0.174 e. The Balaban J connectivity index is 2.22. The molecule has 1 aromatic heterocycles. The molecule has 4 nitrogen and oxygen atoms in total. The van der Waals surface area contributed by atoms with Gasteiger partial charge >= 0.3 is 0 Å². The summed E-state index contributed by atoms with van der Waals surface area (Å²) in [5.41, 5.74) is 6.82. The Kier molecular flexibility index (Phi) is 5.57. The van der Waals surface area contributed by atoms with Gasteiger partial charge in [-0.15, -0.1) is 23.1 Å². The van der Waals surface area contributed by atoms with E-state index in [1.54, 1.807) is 11.8 Å². The molecular weight excluding hydrogens is 304 g/mol. The van der Waals surface area contributed by atoms with E-state index in [-0.39, 0.29) is 11.9 Å². The van der Waals surface area contributed by atoms with Crippen LogP contribution in [0.4, 0.5) is 10.7 Å². The SMILES string of the molecule is CCC(=O)c1sc(N2CCC(C(C)O)CC2)c(SC)c1N. The minimum Gasteiger partial charge on any atom is -0.396 e. The number of thioether (sulfide) groups is 1. The number of thiophene rings is 1. The quantitative estimate of drug-likeness (QED) is 0.641. The topological polar surface area (TPSA) is 66.6 Å². The molecule has 0 amide bonds. The van der Waals surface area contributed by atoms with E-state index in [4.69, 9.17) is 5.73 Å². The summed E-state index contributed by atoms with van der Waals surface area (Å²) >= 11 is 3.14. The van der Waals surface area contributed by atoms with Crippen LogP contribution in [-0.2, 0) is 0 Å². The van der Waals surface area contributed by atoms with Gasteiger partial charge in [-0.2, -0.15) is 0 Å². The Morgan fingerprint density at radius 2 is 2.14 bits per heavy atom. The van der Waals surface area contributed by atoms with Crippen molar-refractivity contribution in [3.05, 3.63) is 4.88 Å². The summed E-state index contributed by atoms with van der Waals surface area (Å²) in [5.74, 6) is 0.506. The van der Waals surface area contributed by atoms with Crippen molar-refractivity contribution >= 4 is 39.6 Å². The highest BCUT2D eigenvalue weighted by molar-refractivity contribution is 7.99. The number of nitrogens with two attached hydrogens (primary N) is 1. The van der Waals surface area contributed by atoms with E-state index in [1.807, 2.05) is 20.1 Å². The monoisotopic (exact) mass is 328 g/mol. The Morgan fingerprint density at radius 3 is 2.62 bits per heavy atom. The first-order valence-corrected chi connectivity index (χ1v) is 9.46. The number of carbonyl (C=O) groups excluding carboxylic acids is 1. The lowest BCUT2D eigenvalue weighted by Crippen LogP contribution is -2.36. The first kappa shape index (κ1) is 16.6. The molecule has 1 aromatic rings. The molecule has 118 valence electrons. The Labute approximate surface area is 134 Å². The Hall–Kier alpha value is -0.720. The molecule has 0 radical (unpaired) electrons. The summed E-state index contributed by atoms with van der Waals surface area (Å²) in [6.45, 7) is 5.58. The molecule has 2 heterocycles. The lowest BCUT2D eigenvalue weighted by Gasteiger charge is -2.34. The average Bonchev–Trinajstić information content (AvgIpc) is 2.83. The minimum absolute atomic E-state index is 0.123. The fourth-order valence-electron chi connectivity index (χ4n) is 2.77. The zero-order valence-electron chi connectivity index (χ0n) is 12.9. The Morgan fingerprint density at radius 1 is 1.52 bits per heavy atom. The summed E-state index contributed by atoms with van der Waals surface area (Å²) in [5, 5.41) is 10.8. The number of hydrogen-bond donors (Lipinski definition) is 2. The molecule has 1 atom stereocenters. The largest absolute Gasteiger partial charge is 0.396 e. The highest BCUT2D eigenvalue weighted by atomic mass is 32.2. The van der Waals surface area contributed by atoms with Crippen LogP contribution in [0.15, 0.2) is 4.90 Å². The third-order valence-electron chi connectivity index (χ3n) is 4.17. The maximum Gasteiger partial charge on any atom is 0.174 e. The van der Waals surface area contributed by atoms with Crippen LogP contribution in [0.1, 0.15) is 42.8 Å². The molecule has 3 N–H and O–H groups in total. The predicted octanol–water partition coefficient (Wildman–Crippen LogP) is 3.24. The van der Waals surface area contributed by atoms with Crippen LogP contribution in [0.5, 0.6) is 0 Å². The fourth-order valence-corrected chi connectivity index (χ4v) is 5.02. The number of nitrogen functional groups attached to an aromatic ring is 1. The summed E-state index contributed by atoms with van der Waals surface area (Å²) in [6.07, 6.45) is 4.23. The van der Waals surface area contributed by atoms with E-state index in [9.17, 15) is 9.90 Å². The molecule has 1 saturated heterocycles. The molecule has 6 heteroatoms. The predicted molar refractivity (Wildman–Crippen MR) is 91.8 cm³/mol. The number of aliphatic hydroxyl groups is 1. The van der Waals surface area contributed by atoms with Crippen molar-refractivity contribution in [3.63, 3.8) is 0 Å². The number of hydrogen-bond acceptors (Lipinski definition) is 6. The second-order valence-corrected chi connectivity index (χ2v) is 7.34. The van der Waals surface area contributed by atoms with Gasteiger partial charge in [0.1, 0.15) is 5.00 Å². The molecule has 1 aliphatic heterocycles. The number of nitrogens with zero attached hydrogens (tertiary/aromatic N) is 1. The third-order valence-corrected chi connectivity index (χ3v) is 6.43. The van der Waals surface area contributed by atoms with E-state index in [1.165, 1.54) is 11.3 Å². The number of anilines is 2. The van der Waals surface area contributed by atoms with Crippen LogP contribution in [0, 0.1) is 5.92 Å². The van der Waals surface area contributed by atoms with E-state index in [2.05, 4.69) is 4.90 Å². The number of piperidine rings is 1. The first-order valence-electron chi connectivity index (χ1n) is 7.42. The Bertz CT molecular complexity index is 506. The molecule has 0 saturated carbocycles. The molecule has 0 bridgehead atoms. The van der Waals surface area contributed by atoms with E-state index >= 15 is 0 Å². The van der Waals surface area contributed by atoms with Crippen molar-refractivity contribution in [2.24, 2.45) is 5.92 Å². The van der Waals surface area contributed by atoms with Crippen LogP contribution in [0.3, 0.4) is 0 Å². The molecule has 1 aliphatic rings. The van der Waals surface area contributed by atoms with Crippen molar-refractivity contribution in [1.29, 1.82) is 0 Å². The lowest BCUT2D eigenvalue weighted by molar-refractivity contribution is 0.0992. The van der Waals surface area contributed by atoms with E-state index in [0.29, 0.717) is 22.9 Å². The van der Waals surface area contributed by atoms with Crippen molar-refractivity contribution in [2.75, 3.05) is 30.0 Å². The van der Waals surface area contributed by atoms with Gasteiger partial charge in [0.05, 0.1) is 21.6 Å². The van der Waals surface area contributed by atoms with Gasteiger partial charge in [0.15, 0.2) is 5.78 Å². The van der Waals surface area contributed by atoms with Crippen LogP contribution < -0.4 is 10.6 Å². The highest BCUT2D eigenvalue weighted by Crippen LogP contribution is 2.45. The average molecular weight is 329 g/mol. The van der Waals surface area contributed by atoms with Crippen LogP contribution in [-0.4, -0.2) is 36.3 Å². The molecule has 0 spiro atoms. The number of rotatable bonds is 5. The van der Waals surface area contributed by atoms with Gasteiger partial charge in [-0.25, -0.2) is 0 Å². The van der Waals surface area contributed by atoms with Gasteiger partial charge in [0, 0.05) is 19.5 Å². The molecule has 21 heavy (non-hydrogen) atoms. The molecular formula is C15H24N2O2S2. The van der Waals surface area contributed by atoms with Crippen molar-refractivity contribution in [1.82, 2.24) is 0 Å². The number of carbonyl (C=O) groups is 1. The van der Waals surface area contributed by atoms with Gasteiger partial charge in [-0.3, -0.25) is 4.79 Å². The van der Waals surface area contributed by atoms with Gasteiger partial charge in [0.25, 0.3) is 0 Å². The normalized spacial score (nSPS) is 18.0. The standard InChI is InChI=1S/C15H24N2O2S2/c1-4-11(19)13-12(16)14(20-3)15(21-13)17-7-5-10(6-8-17)9(2)18/h9-10,18H,4-8,16H2,1-3H3. The van der Waals surface area contributed by atoms with E-state index in [0.717, 1.165) is 35.8 Å². The molecule has 0 aromatic carbocycles. The van der Waals surface area contributed by atoms with Crippen molar-refractivity contribution in [3.8, 4) is 0 Å². The zero-order valence-corrected chi connectivity index (χ0v) is 14.5. The summed E-state index contributed by atoms with van der Waals surface area (Å²) in [4.78, 5) is 16.1. The second kappa shape index (κ2) is 7.03. The van der Waals surface area contributed by atoms with Gasteiger partial charge in [-0.05, 0) is 31.9 Å². The van der Waals surface area contributed by atoms with Crippen LogP contribution >= 0.6 is 23.1 Å². The number of aliphatic hydroxyl groups excluding tert-OH is 1. The summed E-state index contributed by atoms with van der Waals surface area (Å²) < 4.78 is 0. The fraction of sp³-hybridized carbons (Fsp3) is 0.667. The number of ketones is 1. The maximum absolute atomic E-state index is 12.0. The zero-order chi connectivity index (χ0) is 15.6. The van der Waals surface area contributed by atoms with Crippen LogP contribution in [0.25, 0.3) is 0 Å². The second-order valence-electron chi connectivity index (χ2n) is 5.53. The third kappa shape index (κ3) is 3.38. The summed E-state index contributed by atoms with van der Waals surface area (Å²) in [6, 6.07) is 0. The lowest BCUT2D eigenvalue weighted by atomic mass is 9.92. The van der Waals surface area contributed by atoms with Crippen LogP contribution in [0.2, 0.25) is 0 Å².